The van der Waals surface area contributed by atoms with E-state index in [1.165, 1.54) is 18.9 Å². The number of anilines is 1. The number of carbonyl (C=O) groups excluding carboxylic acids is 1. The molecule has 0 radical (unpaired) electrons. The van der Waals surface area contributed by atoms with E-state index in [0.717, 1.165) is 19.6 Å². The molecule has 3 N–H and O–H groups in total. The fraction of sp³-hybridized carbons (Fsp3) is 0.429. The lowest BCUT2D eigenvalue weighted by Crippen LogP contribution is -2.36. The highest BCUT2D eigenvalue weighted by Crippen LogP contribution is 2.26. The largest absolute Gasteiger partial charge is 0.478 e. The Morgan fingerprint density at radius 3 is 2.67 bits per heavy atom. The number of hydrogen-bond donors (Lipinski definition) is 3. The van der Waals surface area contributed by atoms with Gasteiger partial charge in [-0.3, -0.25) is 0 Å². The molecule has 0 bridgehead atoms. The summed E-state index contributed by atoms with van der Waals surface area (Å²) in [5, 5.41) is 14.5. The number of halogens is 1. The van der Waals surface area contributed by atoms with E-state index in [1.807, 2.05) is 0 Å². The fourth-order valence-electron chi connectivity index (χ4n) is 2.32. The van der Waals surface area contributed by atoms with E-state index in [4.69, 9.17) is 5.11 Å². The lowest BCUT2D eigenvalue weighted by Gasteiger charge is -2.15. The summed E-state index contributed by atoms with van der Waals surface area (Å²) < 4.78 is 0.539. The number of carboxylic acid groups (broad SMARTS) is 1. The molecule has 1 heterocycles. The number of nitrogens with zero attached hydrogens (tertiary/aromatic N) is 1. The van der Waals surface area contributed by atoms with Crippen molar-refractivity contribution in [2.75, 3.05) is 31.5 Å². The first-order valence-corrected chi connectivity index (χ1v) is 7.66. The molecule has 21 heavy (non-hydrogen) atoms. The molecule has 6 nitrogen and oxygen atoms in total. The van der Waals surface area contributed by atoms with E-state index in [2.05, 4.69) is 31.5 Å². The Hall–Kier alpha value is -1.60. The molecule has 0 aromatic heterocycles. The van der Waals surface area contributed by atoms with Crippen molar-refractivity contribution in [2.45, 2.75) is 12.8 Å². The van der Waals surface area contributed by atoms with E-state index in [1.54, 1.807) is 12.1 Å². The van der Waals surface area contributed by atoms with Crippen molar-refractivity contribution in [1.29, 1.82) is 0 Å². The van der Waals surface area contributed by atoms with Crippen LogP contribution in [0, 0.1) is 0 Å². The molecule has 0 unspecified atom stereocenters. The molecule has 7 heteroatoms. The van der Waals surface area contributed by atoms with Gasteiger partial charge in [0, 0.05) is 17.6 Å². The van der Waals surface area contributed by atoms with E-state index in [9.17, 15) is 9.59 Å². The second-order valence-electron chi connectivity index (χ2n) is 4.90. The van der Waals surface area contributed by atoms with Gasteiger partial charge in [0.2, 0.25) is 0 Å². The van der Waals surface area contributed by atoms with Crippen LogP contribution in [0.4, 0.5) is 10.5 Å². The van der Waals surface area contributed by atoms with Crippen LogP contribution in [0.1, 0.15) is 23.2 Å². The Morgan fingerprint density at radius 2 is 2.00 bits per heavy atom. The van der Waals surface area contributed by atoms with Crippen molar-refractivity contribution < 1.29 is 14.7 Å². The first-order chi connectivity index (χ1) is 10.1. The maximum atomic E-state index is 11.9. The van der Waals surface area contributed by atoms with Crippen LogP contribution < -0.4 is 10.6 Å². The second kappa shape index (κ2) is 7.42. The van der Waals surface area contributed by atoms with Crippen LogP contribution in [0.3, 0.4) is 0 Å². The molecule has 1 aromatic rings. The average Bonchev–Trinajstić information content (AvgIpc) is 2.94. The summed E-state index contributed by atoms with van der Waals surface area (Å²) in [5.41, 5.74) is 0.322. The average molecular weight is 356 g/mol. The smallest absolute Gasteiger partial charge is 0.337 e. The highest BCUT2D eigenvalue weighted by atomic mass is 79.9. The highest BCUT2D eigenvalue weighted by Gasteiger charge is 2.15. The summed E-state index contributed by atoms with van der Waals surface area (Å²) in [7, 11) is 0. The molecule has 0 atom stereocenters. The lowest BCUT2D eigenvalue weighted by molar-refractivity contribution is 0.0698. The molecule has 1 saturated heterocycles. The number of aromatic carboxylic acids is 1. The topological polar surface area (TPSA) is 81.7 Å². The van der Waals surface area contributed by atoms with Gasteiger partial charge in [0.1, 0.15) is 0 Å². The third-order valence-corrected chi connectivity index (χ3v) is 4.06. The van der Waals surface area contributed by atoms with Gasteiger partial charge >= 0.3 is 12.0 Å². The number of carbonyl (C=O) groups is 2. The number of hydrogen-bond acceptors (Lipinski definition) is 3. The summed E-state index contributed by atoms with van der Waals surface area (Å²) in [4.78, 5) is 25.3. The molecular formula is C14H18BrN3O3. The molecule has 114 valence electrons. The van der Waals surface area contributed by atoms with Crippen LogP contribution in [0.25, 0.3) is 0 Å². The maximum absolute atomic E-state index is 11.9. The number of amides is 2. The molecule has 0 spiro atoms. The van der Waals surface area contributed by atoms with Gasteiger partial charge in [0.05, 0.1) is 11.3 Å². The SMILES string of the molecule is O=C(NCCN1CCCC1)Nc1c(Br)cccc1C(=O)O. The standard InChI is InChI=1S/C14H18BrN3O3/c15-11-5-3-4-10(13(19)20)12(11)17-14(21)16-6-9-18-7-1-2-8-18/h3-5H,1-2,6-9H2,(H,19,20)(H2,16,17,21). The number of rotatable bonds is 5. The van der Waals surface area contributed by atoms with E-state index >= 15 is 0 Å². The van der Waals surface area contributed by atoms with Crippen LogP contribution >= 0.6 is 15.9 Å². The third kappa shape index (κ3) is 4.44. The second-order valence-corrected chi connectivity index (χ2v) is 5.75. The van der Waals surface area contributed by atoms with Gasteiger partial charge in [-0.2, -0.15) is 0 Å². The quantitative estimate of drug-likeness (QED) is 0.757. The Kier molecular flexibility index (Phi) is 5.58. The first-order valence-electron chi connectivity index (χ1n) is 6.87. The lowest BCUT2D eigenvalue weighted by atomic mass is 10.2. The van der Waals surface area contributed by atoms with Crippen molar-refractivity contribution in [3.05, 3.63) is 28.2 Å². The molecule has 1 aliphatic rings. The van der Waals surface area contributed by atoms with Gasteiger partial charge in [-0.15, -0.1) is 0 Å². The van der Waals surface area contributed by atoms with Gasteiger partial charge in [0.25, 0.3) is 0 Å². The minimum Gasteiger partial charge on any atom is -0.478 e. The van der Waals surface area contributed by atoms with Crippen LogP contribution in [-0.2, 0) is 0 Å². The van der Waals surface area contributed by atoms with Gasteiger partial charge in [-0.05, 0) is 54.0 Å². The first kappa shape index (κ1) is 15.8. The summed E-state index contributed by atoms with van der Waals surface area (Å²) in [5.74, 6) is -1.08. The number of nitrogens with one attached hydrogen (secondary N) is 2. The van der Waals surface area contributed by atoms with Crippen molar-refractivity contribution in [3.63, 3.8) is 0 Å². The minimum atomic E-state index is -1.08. The summed E-state index contributed by atoms with van der Waals surface area (Å²) >= 11 is 3.25. The maximum Gasteiger partial charge on any atom is 0.337 e. The van der Waals surface area contributed by atoms with Crippen molar-refractivity contribution in [1.82, 2.24) is 10.2 Å². The number of benzene rings is 1. The zero-order chi connectivity index (χ0) is 15.2. The number of urea groups is 1. The van der Waals surface area contributed by atoms with Crippen molar-refractivity contribution in [2.24, 2.45) is 0 Å². The van der Waals surface area contributed by atoms with Crippen LogP contribution in [0.15, 0.2) is 22.7 Å². The predicted molar refractivity (Wildman–Crippen MR) is 83.8 cm³/mol. The van der Waals surface area contributed by atoms with Crippen LogP contribution in [-0.4, -0.2) is 48.2 Å². The third-order valence-electron chi connectivity index (χ3n) is 3.39. The van der Waals surface area contributed by atoms with Crippen molar-refractivity contribution in [3.8, 4) is 0 Å². The Labute approximate surface area is 131 Å². The normalized spacial score (nSPS) is 14.9. The summed E-state index contributed by atoms with van der Waals surface area (Å²) in [6.45, 7) is 3.52. The van der Waals surface area contributed by atoms with Crippen LogP contribution in [0.5, 0.6) is 0 Å². The molecule has 1 aromatic carbocycles. The summed E-state index contributed by atoms with van der Waals surface area (Å²) in [6.07, 6.45) is 2.43. The van der Waals surface area contributed by atoms with Crippen molar-refractivity contribution >= 4 is 33.6 Å². The van der Waals surface area contributed by atoms with Gasteiger partial charge < -0.3 is 20.6 Å². The van der Waals surface area contributed by atoms with Gasteiger partial charge in [-0.25, -0.2) is 9.59 Å². The predicted octanol–water partition coefficient (Wildman–Crippen LogP) is 2.36. The molecule has 1 fully saturated rings. The Balaban J connectivity index is 1.88. The molecule has 0 saturated carbocycles. The van der Waals surface area contributed by atoms with E-state index in [-0.39, 0.29) is 11.3 Å². The molecular weight excluding hydrogens is 338 g/mol. The van der Waals surface area contributed by atoms with E-state index in [0.29, 0.717) is 11.0 Å². The molecule has 1 aliphatic heterocycles. The van der Waals surface area contributed by atoms with E-state index < -0.39 is 12.0 Å². The van der Waals surface area contributed by atoms with Crippen LogP contribution in [0.2, 0.25) is 0 Å². The van der Waals surface area contributed by atoms with Gasteiger partial charge in [0.15, 0.2) is 0 Å². The Bertz CT molecular complexity index is 530. The fourth-order valence-corrected chi connectivity index (χ4v) is 2.79. The molecule has 0 aliphatic carbocycles. The minimum absolute atomic E-state index is 0.0547. The summed E-state index contributed by atoms with van der Waals surface area (Å²) in [6, 6.07) is 4.35. The molecule has 2 amide bonds. The highest BCUT2D eigenvalue weighted by molar-refractivity contribution is 9.10. The monoisotopic (exact) mass is 355 g/mol. The Morgan fingerprint density at radius 1 is 1.29 bits per heavy atom. The van der Waals surface area contributed by atoms with Gasteiger partial charge in [-0.1, -0.05) is 6.07 Å². The zero-order valence-corrected chi connectivity index (χ0v) is 13.1. The number of carboxylic acids is 1. The molecule has 2 rings (SSSR count). The number of para-hydroxylation sites is 1. The zero-order valence-electron chi connectivity index (χ0n) is 11.6. The number of likely N-dealkylation sites (tertiary alicyclic amines) is 1.